The number of amides is 1. The Hall–Kier alpha value is -4.97. The number of carbonyl (C=O) groups is 2. The number of pyridine rings is 2. The van der Waals surface area contributed by atoms with Crippen LogP contribution in [0, 0.1) is 6.92 Å². The summed E-state index contributed by atoms with van der Waals surface area (Å²) in [4.78, 5) is 37.0. The fourth-order valence-electron chi connectivity index (χ4n) is 4.68. The van der Waals surface area contributed by atoms with Crippen LogP contribution in [-0.4, -0.2) is 55.6 Å². The van der Waals surface area contributed by atoms with E-state index in [1.165, 1.54) is 36.4 Å². The molecule has 2 aromatic heterocycles. The summed E-state index contributed by atoms with van der Waals surface area (Å²) in [5, 5.41) is 9.02. The minimum atomic E-state index is -3.90. The van der Waals surface area contributed by atoms with Gasteiger partial charge in [-0.25, -0.2) is 23.2 Å². The molecule has 2 N–H and O–H groups in total. The molecule has 4 aromatic rings. The van der Waals surface area contributed by atoms with E-state index in [0.717, 1.165) is 5.56 Å². The summed E-state index contributed by atoms with van der Waals surface area (Å²) in [6, 6.07) is 15.5. The number of rotatable bonds is 9. The molecule has 1 aliphatic heterocycles. The Morgan fingerprint density at radius 2 is 1.81 bits per heavy atom. The zero-order chi connectivity index (χ0) is 30.0. The summed E-state index contributed by atoms with van der Waals surface area (Å²) < 4.78 is 34.2. The second-order valence-electron chi connectivity index (χ2n) is 9.68. The molecule has 0 radical (unpaired) electrons. The van der Waals surface area contributed by atoms with Crippen molar-refractivity contribution in [3.8, 4) is 5.75 Å². The highest BCUT2D eigenvalue weighted by Crippen LogP contribution is 2.37. The Morgan fingerprint density at radius 3 is 2.50 bits per heavy atom. The molecular weight excluding hydrogens is 558 g/mol. The van der Waals surface area contributed by atoms with Crippen molar-refractivity contribution in [2.75, 3.05) is 34.7 Å². The van der Waals surface area contributed by atoms with E-state index >= 15 is 0 Å². The molecule has 12 heteroatoms. The van der Waals surface area contributed by atoms with Gasteiger partial charge in [-0.2, -0.15) is 0 Å². The zero-order valence-corrected chi connectivity index (χ0v) is 24.1. The molecule has 0 saturated carbocycles. The number of nitrogens with zero attached hydrogens (tertiary/aromatic N) is 4. The maximum Gasteiger partial charge on any atom is 0.335 e. The molecule has 216 valence electrons. The second kappa shape index (κ2) is 11.5. The minimum absolute atomic E-state index is 0.0446. The predicted octanol–water partition coefficient (Wildman–Crippen LogP) is 4.65. The first-order valence-electron chi connectivity index (χ1n) is 13.2. The van der Waals surface area contributed by atoms with Crippen LogP contribution < -0.4 is 19.3 Å². The van der Waals surface area contributed by atoms with E-state index in [0.29, 0.717) is 47.2 Å². The molecule has 0 fully saturated rings. The summed E-state index contributed by atoms with van der Waals surface area (Å²) >= 11 is 0. The van der Waals surface area contributed by atoms with Gasteiger partial charge in [0.2, 0.25) is 0 Å². The van der Waals surface area contributed by atoms with Crippen molar-refractivity contribution >= 4 is 44.9 Å². The number of carbonyl (C=O) groups excluding carboxylic acids is 1. The topological polar surface area (TPSA) is 142 Å². The van der Waals surface area contributed by atoms with Gasteiger partial charge in [0.25, 0.3) is 15.9 Å². The number of ether oxygens (including phenoxy) is 1. The smallest absolute Gasteiger partial charge is 0.335 e. The lowest BCUT2D eigenvalue weighted by Gasteiger charge is -2.22. The van der Waals surface area contributed by atoms with Crippen LogP contribution in [-0.2, 0) is 16.4 Å². The maximum atomic E-state index is 13.3. The van der Waals surface area contributed by atoms with E-state index in [1.54, 1.807) is 43.4 Å². The van der Waals surface area contributed by atoms with Gasteiger partial charge in [-0.05, 0) is 85.6 Å². The van der Waals surface area contributed by atoms with E-state index in [9.17, 15) is 18.0 Å². The first-order chi connectivity index (χ1) is 20.1. The number of fused-ring (bicyclic) bond motifs is 2. The summed E-state index contributed by atoms with van der Waals surface area (Å²) in [5.74, 6) is 0.476. The van der Waals surface area contributed by atoms with Crippen molar-refractivity contribution in [1.29, 1.82) is 0 Å². The lowest BCUT2D eigenvalue weighted by molar-refractivity contribution is 0.0696. The first-order valence-corrected chi connectivity index (χ1v) is 14.7. The Morgan fingerprint density at radius 1 is 1.05 bits per heavy atom. The van der Waals surface area contributed by atoms with Crippen molar-refractivity contribution < 1.29 is 27.9 Å². The van der Waals surface area contributed by atoms with Crippen LogP contribution in [0.5, 0.6) is 5.75 Å². The van der Waals surface area contributed by atoms with Gasteiger partial charge in [0, 0.05) is 38.1 Å². The average molecular weight is 588 g/mol. The Kier molecular flexibility index (Phi) is 7.81. The third-order valence-corrected chi connectivity index (χ3v) is 8.28. The van der Waals surface area contributed by atoms with Gasteiger partial charge in [0.1, 0.15) is 11.6 Å². The molecule has 0 aliphatic carbocycles. The highest BCUT2D eigenvalue weighted by molar-refractivity contribution is 7.92. The van der Waals surface area contributed by atoms with E-state index in [2.05, 4.69) is 14.7 Å². The summed E-state index contributed by atoms with van der Waals surface area (Å²) in [6.07, 6.45) is 3.89. The lowest BCUT2D eigenvalue weighted by atomic mass is 10.1. The van der Waals surface area contributed by atoms with Crippen LogP contribution in [0.3, 0.4) is 0 Å². The third-order valence-electron chi connectivity index (χ3n) is 6.90. The van der Waals surface area contributed by atoms with Gasteiger partial charge in [-0.1, -0.05) is 0 Å². The van der Waals surface area contributed by atoms with Crippen molar-refractivity contribution in [3.05, 3.63) is 95.3 Å². The molecule has 2 aromatic carbocycles. The minimum Gasteiger partial charge on any atom is -0.493 e. The Balaban J connectivity index is 1.27. The normalized spacial score (nSPS) is 12.8. The van der Waals surface area contributed by atoms with Crippen molar-refractivity contribution in [2.45, 2.75) is 25.2 Å². The number of anilines is 4. The van der Waals surface area contributed by atoms with Crippen molar-refractivity contribution in [3.63, 3.8) is 0 Å². The van der Waals surface area contributed by atoms with Gasteiger partial charge in [-0.3, -0.25) is 9.52 Å². The Bertz CT molecular complexity index is 1780. The predicted molar refractivity (Wildman–Crippen MR) is 158 cm³/mol. The van der Waals surface area contributed by atoms with Gasteiger partial charge >= 0.3 is 5.97 Å². The standard InChI is InChI=1S/C30H29N5O6S/c1-4-35-27-24(29(36)34(3)25-6-5-14-31-28(25)35)17-20(18-32-27)13-15-41-26-12-11-23(16-19(26)2)42(39,40)33-22-9-7-21(8-10-22)30(37)38/h5-12,14,16-18,33H,4,13,15H2,1-3H3,(H,37,38). The largest absolute Gasteiger partial charge is 0.493 e. The number of aromatic carboxylic acids is 1. The molecule has 0 bridgehead atoms. The van der Waals surface area contributed by atoms with Crippen LogP contribution in [0.25, 0.3) is 0 Å². The number of nitrogens with one attached hydrogen (secondary N) is 1. The molecular formula is C30H29N5O6S. The molecule has 3 heterocycles. The zero-order valence-electron chi connectivity index (χ0n) is 23.2. The number of carboxylic acid groups (broad SMARTS) is 1. The van der Waals surface area contributed by atoms with Crippen molar-refractivity contribution in [1.82, 2.24) is 9.97 Å². The fourth-order valence-corrected chi connectivity index (χ4v) is 5.83. The van der Waals surface area contributed by atoms with Gasteiger partial charge in [0.15, 0.2) is 5.82 Å². The van der Waals surface area contributed by atoms with E-state index in [-0.39, 0.29) is 28.7 Å². The molecule has 0 spiro atoms. The first kappa shape index (κ1) is 28.6. The van der Waals surface area contributed by atoms with Gasteiger partial charge in [-0.15, -0.1) is 0 Å². The molecule has 1 aliphatic rings. The lowest BCUT2D eigenvalue weighted by Crippen LogP contribution is -2.25. The average Bonchev–Trinajstić information content (AvgIpc) is 3.06. The molecule has 0 saturated heterocycles. The van der Waals surface area contributed by atoms with E-state index < -0.39 is 16.0 Å². The third kappa shape index (κ3) is 5.61. The van der Waals surface area contributed by atoms with E-state index in [1.807, 2.05) is 24.0 Å². The summed E-state index contributed by atoms with van der Waals surface area (Å²) in [7, 11) is -2.18. The number of carboxylic acids is 1. The maximum absolute atomic E-state index is 13.3. The van der Waals surface area contributed by atoms with E-state index in [4.69, 9.17) is 9.84 Å². The van der Waals surface area contributed by atoms with Gasteiger partial charge < -0.3 is 19.6 Å². The highest BCUT2D eigenvalue weighted by atomic mass is 32.2. The van der Waals surface area contributed by atoms with Gasteiger partial charge in [0.05, 0.1) is 28.3 Å². The van der Waals surface area contributed by atoms with Crippen LogP contribution in [0.15, 0.2) is 78.0 Å². The van der Waals surface area contributed by atoms with Crippen LogP contribution >= 0.6 is 0 Å². The Labute approximate surface area is 243 Å². The fraction of sp³-hybridized carbons (Fsp3) is 0.200. The molecule has 11 nitrogen and oxygen atoms in total. The second-order valence-corrected chi connectivity index (χ2v) is 11.4. The molecule has 42 heavy (non-hydrogen) atoms. The van der Waals surface area contributed by atoms with Crippen LogP contribution in [0.1, 0.15) is 38.8 Å². The molecule has 1 amide bonds. The molecule has 0 unspecified atom stereocenters. The number of hydrogen-bond acceptors (Lipinski definition) is 8. The number of hydrogen-bond donors (Lipinski definition) is 2. The number of aromatic nitrogens is 2. The highest BCUT2D eigenvalue weighted by Gasteiger charge is 2.30. The van der Waals surface area contributed by atoms with Crippen molar-refractivity contribution in [2.24, 2.45) is 0 Å². The molecule has 0 atom stereocenters. The van der Waals surface area contributed by atoms with Crippen LogP contribution in [0.2, 0.25) is 0 Å². The number of aryl methyl sites for hydroxylation is 1. The number of benzene rings is 2. The summed E-state index contributed by atoms with van der Waals surface area (Å²) in [5.41, 5.74) is 2.94. The van der Waals surface area contributed by atoms with Crippen LogP contribution in [0.4, 0.5) is 23.0 Å². The quantitative estimate of drug-likeness (QED) is 0.286. The summed E-state index contributed by atoms with van der Waals surface area (Å²) in [6.45, 7) is 4.60. The SMILES string of the molecule is CCN1c2ncc(CCOc3ccc(S(=O)(=O)Nc4ccc(C(=O)O)cc4)cc3C)cc2C(=O)N(C)c2cccnc21. The number of sulfonamides is 1. The monoisotopic (exact) mass is 587 g/mol. The molecule has 5 rings (SSSR count).